The minimum Gasteiger partial charge on any atom is -0.343 e. The Bertz CT molecular complexity index is 1890. The Kier molecular flexibility index (Phi) is 20.7. The number of thiazole rings is 3. The molecule has 0 aliphatic heterocycles. The van der Waals surface area contributed by atoms with Crippen LogP contribution in [0.2, 0.25) is 0 Å². The van der Waals surface area contributed by atoms with Gasteiger partial charge in [0, 0.05) is 6.42 Å². The SMILES string of the molecule is CCC(N)(CC)C(=O)c1sc(C)nc1[C@H](CC(C)C)NC(=O)c1sc(CCCCN)nc1[C@H](C)NC(=O)c1sc(CC(C)C)nc1[C@H](CCCCN)NC(CC)(CC)C(C)=O. The van der Waals surface area contributed by atoms with Crippen molar-refractivity contribution >= 4 is 57.4 Å². The van der Waals surface area contributed by atoms with Crippen molar-refractivity contribution in [1.82, 2.24) is 30.9 Å². The van der Waals surface area contributed by atoms with E-state index in [0.717, 1.165) is 40.7 Å². The first-order valence-corrected chi connectivity index (χ1v) is 24.9. The minimum atomic E-state index is -1.03. The van der Waals surface area contributed by atoms with Gasteiger partial charge >= 0.3 is 0 Å². The molecule has 0 fully saturated rings. The Morgan fingerprint density at radius 1 is 0.672 bits per heavy atom. The average Bonchev–Trinajstić information content (AvgIpc) is 3.95. The molecular formula is C45H75N9O4S3. The third kappa shape index (κ3) is 13.8. The number of aromatic nitrogens is 3. The van der Waals surface area contributed by atoms with E-state index in [1.165, 1.54) is 34.0 Å². The summed E-state index contributed by atoms with van der Waals surface area (Å²) in [5.41, 5.74) is 18.2. The summed E-state index contributed by atoms with van der Waals surface area (Å²) < 4.78 is 0. The summed E-state index contributed by atoms with van der Waals surface area (Å²) in [6.45, 7) is 22.6. The summed E-state index contributed by atoms with van der Waals surface area (Å²) in [5, 5.41) is 12.5. The number of rotatable bonds is 28. The molecule has 16 heteroatoms. The molecule has 0 aliphatic carbocycles. The number of carbonyl (C=O) groups is 4. The molecule has 2 amide bonds. The number of nitrogens with two attached hydrogens (primary N) is 3. The lowest BCUT2D eigenvalue weighted by atomic mass is 9.86. The molecule has 3 heterocycles. The molecule has 3 aromatic rings. The molecule has 3 aromatic heterocycles. The molecular weight excluding hydrogens is 827 g/mol. The van der Waals surface area contributed by atoms with E-state index in [9.17, 15) is 19.2 Å². The van der Waals surface area contributed by atoms with Gasteiger partial charge in [-0.3, -0.25) is 24.5 Å². The molecule has 0 bridgehead atoms. The van der Waals surface area contributed by atoms with Gasteiger partial charge in [-0.25, -0.2) is 15.0 Å². The third-order valence-corrected chi connectivity index (χ3v) is 14.8. The highest BCUT2D eigenvalue weighted by molar-refractivity contribution is 7.14. The average molecular weight is 902 g/mol. The summed E-state index contributed by atoms with van der Waals surface area (Å²) in [5.74, 6) is -0.300. The smallest absolute Gasteiger partial charge is 0.263 e. The zero-order valence-corrected chi connectivity index (χ0v) is 41.2. The van der Waals surface area contributed by atoms with Crippen molar-refractivity contribution in [1.29, 1.82) is 0 Å². The number of nitrogens with zero attached hydrogens (tertiary/aromatic N) is 3. The van der Waals surface area contributed by atoms with E-state index in [-0.39, 0.29) is 35.3 Å². The normalized spacial score (nSPS) is 13.8. The minimum absolute atomic E-state index is 0.0490. The topological polar surface area (TPSA) is 221 Å². The van der Waals surface area contributed by atoms with Crippen molar-refractivity contribution in [2.24, 2.45) is 29.0 Å². The molecule has 0 aliphatic rings. The molecule has 342 valence electrons. The van der Waals surface area contributed by atoms with Gasteiger partial charge in [0.2, 0.25) is 0 Å². The molecule has 3 atom stereocenters. The van der Waals surface area contributed by atoms with Crippen molar-refractivity contribution in [3.8, 4) is 0 Å². The number of unbranched alkanes of at least 4 members (excludes halogenated alkanes) is 2. The standard InChI is InChI=1S/C45H75N9O4S3/c1-12-44(48,13-2)41(56)38-37(50-30(11)59-38)32(24-26(5)6)51-43(58)39-35(52-33(60-39)21-17-19-23-47)28(9)49-42(57)40-36(53-34(61-40)25-27(7)8)31(20-16-18-22-46)54-45(14-3,15-4)29(10)55/h26-28,31-32,54H,12-25,46-48H2,1-11H3,(H,49,57)(H,51,58)/t28-,31-,32-/m0/s1. The number of nitrogens with one attached hydrogen (secondary N) is 3. The predicted octanol–water partition coefficient (Wildman–Crippen LogP) is 8.46. The van der Waals surface area contributed by atoms with Gasteiger partial charge in [0.15, 0.2) is 5.78 Å². The maximum atomic E-state index is 14.6. The first kappa shape index (κ1) is 52.4. The molecule has 13 nitrogen and oxygen atoms in total. The van der Waals surface area contributed by atoms with Crippen molar-refractivity contribution in [3.05, 3.63) is 46.7 Å². The second-order valence-electron chi connectivity index (χ2n) is 17.3. The van der Waals surface area contributed by atoms with Crippen LogP contribution in [0.3, 0.4) is 0 Å². The summed E-state index contributed by atoms with van der Waals surface area (Å²) >= 11 is 4.01. The summed E-state index contributed by atoms with van der Waals surface area (Å²) in [7, 11) is 0. The van der Waals surface area contributed by atoms with E-state index in [1.807, 2.05) is 41.5 Å². The number of ketones is 2. The molecule has 0 radical (unpaired) electrons. The maximum absolute atomic E-state index is 14.6. The fraction of sp³-hybridized carbons (Fsp3) is 0.711. The van der Waals surface area contributed by atoms with E-state index in [2.05, 4.69) is 43.6 Å². The van der Waals surface area contributed by atoms with Crippen LogP contribution in [0.4, 0.5) is 0 Å². The lowest BCUT2D eigenvalue weighted by Gasteiger charge is -2.35. The molecule has 0 unspecified atom stereocenters. The van der Waals surface area contributed by atoms with Crippen LogP contribution in [0.5, 0.6) is 0 Å². The molecule has 0 aromatic carbocycles. The molecule has 0 saturated heterocycles. The quantitative estimate of drug-likeness (QED) is 0.0300. The molecule has 0 saturated carbocycles. The first-order valence-electron chi connectivity index (χ1n) is 22.4. The van der Waals surface area contributed by atoms with Gasteiger partial charge in [-0.1, -0.05) is 61.8 Å². The Hall–Kier alpha value is -2.99. The molecule has 0 spiro atoms. The van der Waals surface area contributed by atoms with Crippen LogP contribution in [0.1, 0.15) is 213 Å². The molecule has 3 rings (SSSR count). The first-order chi connectivity index (χ1) is 28.8. The van der Waals surface area contributed by atoms with Crippen LogP contribution < -0.4 is 33.2 Å². The number of carbonyl (C=O) groups excluding carboxylic acids is 4. The van der Waals surface area contributed by atoms with Crippen molar-refractivity contribution in [2.75, 3.05) is 13.1 Å². The lowest BCUT2D eigenvalue weighted by Crippen LogP contribution is -2.52. The zero-order valence-electron chi connectivity index (χ0n) is 38.7. The van der Waals surface area contributed by atoms with Crippen LogP contribution in [-0.4, -0.2) is 62.5 Å². The number of hydrogen-bond acceptors (Lipinski definition) is 14. The summed E-state index contributed by atoms with van der Waals surface area (Å²) in [6, 6.07) is -1.58. The van der Waals surface area contributed by atoms with Crippen LogP contribution >= 0.6 is 34.0 Å². The van der Waals surface area contributed by atoms with E-state index in [4.69, 9.17) is 32.2 Å². The number of amides is 2. The number of hydrogen-bond donors (Lipinski definition) is 6. The summed E-state index contributed by atoms with van der Waals surface area (Å²) in [6.07, 6.45) is 7.90. The van der Waals surface area contributed by atoms with Crippen molar-refractivity contribution < 1.29 is 19.2 Å². The number of Topliss-reactive ketones (excluding diaryl/α,β-unsaturated/α-hetero) is 2. The largest absolute Gasteiger partial charge is 0.343 e. The predicted molar refractivity (Wildman–Crippen MR) is 252 cm³/mol. The molecule has 61 heavy (non-hydrogen) atoms. The monoisotopic (exact) mass is 902 g/mol. The van der Waals surface area contributed by atoms with Gasteiger partial charge in [-0.05, 0) is 110 Å². The fourth-order valence-corrected chi connectivity index (χ4v) is 11.0. The van der Waals surface area contributed by atoms with Gasteiger partial charge in [-0.15, -0.1) is 34.0 Å². The molecule has 9 N–H and O–H groups in total. The lowest BCUT2D eigenvalue weighted by molar-refractivity contribution is -0.124. The van der Waals surface area contributed by atoms with Crippen molar-refractivity contribution in [2.45, 2.75) is 182 Å². The zero-order chi connectivity index (χ0) is 45.7. The fourth-order valence-electron chi connectivity index (χ4n) is 7.64. The Labute approximate surface area is 377 Å². The third-order valence-electron chi connectivity index (χ3n) is 11.6. The highest BCUT2D eigenvalue weighted by atomic mass is 32.1. The van der Waals surface area contributed by atoms with Crippen LogP contribution in [-0.2, 0) is 17.6 Å². The Morgan fingerprint density at radius 3 is 1.79 bits per heavy atom. The van der Waals surface area contributed by atoms with E-state index in [0.29, 0.717) is 102 Å². The highest BCUT2D eigenvalue weighted by Gasteiger charge is 2.39. The maximum Gasteiger partial charge on any atom is 0.263 e. The summed E-state index contributed by atoms with van der Waals surface area (Å²) in [4.78, 5) is 72.5. The van der Waals surface area contributed by atoms with Gasteiger partial charge < -0.3 is 27.8 Å². The van der Waals surface area contributed by atoms with Gasteiger partial charge in [0.05, 0.1) is 66.2 Å². The Morgan fingerprint density at radius 2 is 1.23 bits per heavy atom. The Balaban J connectivity index is 2.10. The van der Waals surface area contributed by atoms with Gasteiger partial charge in [-0.2, -0.15) is 0 Å². The van der Waals surface area contributed by atoms with E-state index in [1.54, 1.807) is 6.92 Å². The van der Waals surface area contributed by atoms with Crippen LogP contribution in [0.25, 0.3) is 0 Å². The second-order valence-corrected chi connectivity index (χ2v) is 20.7. The van der Waals surface area contributed by atoms with Crippen LogP contribution in [0.15, 0.2) is 0 Å². The van der Waals surface area contributed by atoms with Gasteiger partial charge in [0.25, 0.3) is 11.8 Å². The second kappa shape index (κ2) is 24.2. The van der Waals surface area contributed by atoms with Gasteiger partial charge in [0.1, 0.15) is 15.5 Å². The number of aryl methyl sites for hydroxylation is 2. The van der Waals surface area contributed by atoms with Crippen LogP contribution in [0, 0.1) is 18.8 Å². The van der Waals surface area contributed by atoms with Crippen molar-refractivity contribution in [3.63, 3.8) is 0 Å². The highest BCUT2D eigenvalue weighted by Crippen LogP contribution is 2.36. The van der Waals surface area contributed by atoms with E-state index < -0.39 is 23.2 Å². The van der Waals surface area contributed by atoms with E-state index >= 15 is 0 Å².